The molecule has 12 heteroatoms. The Kier molecular flexibility index (Phi) is 8.36. The van der Waals surface area contributed by atoms with Gasteiger partial charge in [-0.05, 0) is 67.6 Å². The lowest BCUT2D eigenvalue weighted by Crippen LogP contribution is -2.65. The second-order valence-corrected chi connectivity index (χ2v) is 12.1. The Bertz CT molecular complexity index is 1340. The van der Waals surface area contributed by atoms with E-state index in [0.29, 0.717) is 56.5 Å². The van der Waals surface area contributed by atoms with Crippen LogP contribution in [0.15, 0.2) is 42.5 Å². The average Bonchev–Trinajstić information content (AvgIpc) is 2.94. The van der Waals surface area contributed by atoms with Crippen molar-refractivity contribution in [2.45, 2.75) is 50.6 Å². The summed E-state index contributed by atoms with van der Waals surface area (Å²) in [7, 11) is 1.93. The highest BCUT2D eigenvalue weighted by Crippen LogP contribution is 2.46. The molecular weight excluding hydrogens is 576 g/mol. The molecule has 5 rings (SSSR count). The summed E-state index contributed by atoms with van der Waals surface area (Å²) >= 11 is 0. The number of fused-ring (bicyclic) bond motifs is 2. The van der Waals surface area contributed by atoms with Crippen LogP contribution in [0.3, 0.4) is 0 Å². The number of rotatable bonds is 4. The number of piperidine rings is 2. The summed E-state index contributed by atoms with van der Waals surface area (Å²) in [6.45, 7) is 3.00. The molecule has 3 aliphatic rings. The fraction of sp³-hybridized carbons (Fsp3) is 0.516. The number of amides is 2. The van der Waals surface area contributed by atoms with Crippen molar-refractivity contribution in [1.29, 1.82) is 0 Å². The summed E-state index contributed by atoms with van der Waals surface area (Å²) in [5, 5.41) is 0. The van der Waals surface area contributed by atoms with Crippen molar-refractivity contribution in [3.8, 4) is 0 Å². The maximum Gasteiger partial charge on any atom is 0.416 e. The van der Waals surface area contributed by atoms with Gasteiger partial charge in [0.15, 0.2) is 0 Å². The molecule has 2 aromatic rings. The van der Waals surface area contributed by atoms with Crippen molar-refractivity contribution in [2.24, 2.45) is 17.8 Å². The van der Waals surface area contributed by atoms with Crippen molar-refractivity contribution < 1.29 is 40.7 Å². The van der Waals surface area contributed by atoms with Crippen LogP contribution in [0.4, 0.5) is 26.3 Å². The van der Waals surface area contributed by atoms with E-state index in [1.165, 1.54) is 4.90 Å². The predicted octanol–water partition coefficient (Wildman–Crippen LogP) is 5.47. The Morgan fingerprint density at radius 3 is 2.07 bits per heavy atom. The molecule has 232 valence electrons. The van der Waals surface area contributed by atoms with Crippen LogP contribution in [0.2, 0.25) is 0 Å². The SMILES string of the molecule is C[C@@H]1CCN2C(=O)C3CN(C)CCC3C(c3ccc(C=O)cc3)C2C(=O)N(Cc2cc(C(F)(F)F)cc(C(F)(F)F)c2)C1. The summed E-state index contributed by atoms with van der Waals surface area (Å²) < 4.78 is 81.6. The van der Waals surface area contributed by atoms with Gasteiger partial charge >= 0.3 is 12.4 Å². The van der Waals surface area contributed by atoms with Crippen LogP contribution >= 0.6 is 0 Å². The monoisotopic (exact) mass is 609 g/mol. The number of carbonyl (C=O) groups is 3. The molecule has 2 amide bonds. The number of hydrogen-bond donors (Lipinski definition) is 0. The normalized spacial score (nSPS) is 27.3. The Morgan fingerprint density at radius 1 is 0.860 bits per heavy atom. The molecule has 0 bridgehead atoms. The van der Waals surface area contributed by atoms with Crippen molar-refractivity contribution in [3.05, 3.63) is 70.3 Å². The van der Waals surface area contributed by atoms with Gasteiger partial charge < -0.3 is 14.7 Å². The minimum atomic E-state index is -5.02. The molecule has 43 heavy (non-hydrogen) atoms. The van der Waals surface area contributed by atoms with Crippen LogP contribution in [-0.4, -0.2) is 72.1 Å². The number of aldehydes is 1. The molecule has 6 nitrogen and oxygen atoms in total. The summed E-state index contributed by atoms with van der Waals surface area (Å²) in [6, 6.07) is 7.19. The minimum absolute atomic E-state index is 0.0716. The topological polar surface area (TPSA) is 60.9 Å². The van der Waals surface area contributed by atoms with Crippen LogP contribution in [0, 0.1) is 17.8 Å². The van der Waals surface area contributed by atoms with E-state index < -0.39 is 47.9 Å². The highest BCUT2D eigenvalue weighted by atomic mass is 19.4. The molecule has 4 unspecified atom stereocenters. The van der Waals surface area contributed by atoms with E-state index in [1.54, 1.807) is 29.2 Å². The molecule has 3 fully saturated rings. The van der Waals surface area contributed by atoms with Crippen LogP contribution in [0.5, 0.6) is 0 Å². The van der Waals surface area contributed by atoms with Gasteiger partial charge in [0.05, 0.1) is 17.0 Å². The molecule has 0 radical (unpaired) electrons. The van der Waals surface area contributed by atoms with Crippen LogP contribution in [0.1, 0.15) is 58.3 Å². The van der Waals surface area contributed by atoms with E-state index in [0.717, 1.165) is 5.56 Å². The number of benzene rings is 2. The maximum absolute atomic E-state index is 14.5. The lowest BCUT2D eigenvalue weighted by Gasteiger charge is -2.53. The third-order valence-corrected chi connectivity index (χ3v) is 9.04. The van der Waals surface area contributed by atoms with Gasteiger partial charge in [0.25, 0.3) is 0 Å². The number of likely N-dealkylation sites (tertiary alicyclic amines) is 1. The first kappa shape index (κ1) is 31.0. The van der Waals surface area contributed by atoms with Gasteiger partial charge in [-0.15, -0.1) is 0 Å². The average molecular weight is 610 g/mol. The Morgan fingerprint density at radius 2 is 1.49 bits per heavy atom. The zero-order valence-corrected chi connectivity index (χ0v) is 23.8. The van der Waals surface area contributed by atoms with E-state index in [4.69, 9.17) is 0 Å². The Labute approximate surface area is 245 Å². The molecule has 0 N–H and O–H groups in total. The first-order chi connectivity index (χ1) is 20.2. The second kappa shape index (κ2) is 11.6. The largest absolute Gasteiger partial charge is 0.416 e. The number of alkyl halides is 6. The molecular formula is C31H33F6N3O3. The summed E-state index contributed by atoms with van der Waals surface area (Å²) in [5.41, 5.74) is -1.98. The molecule has 3 saturated heterocycles. The van der Waals surface area contributed by atoms with E-state index in [2.05, 4.69) is 4.90 Å². The lowest BCUT2D eigenvalue weighted by molar-refractivity contribution is -0.162. The van der Waals surface area contributed by atoms with Gasteiger partial charge in [-0.1, -0.05) is 31.2 Å². The quantitative estimate of drug-likeness (QED) is 0.341. The third kappa shape index (κ3) is 6.30. The molecule has 0 spiro atoms. The van der Waals surface area contributed by atoms with E-state index in [1.807, 2.05) is 14.0 Å². The minimum Gasteiger partial charge on any atom is -0.336 e. The van der Waals surface area contributed by atoms with Crippen molar-refractivity contribution in [2.75, 3.05) is 33.2 Å². The van der Waals surface area contributed by atoms with Gasteiger partial charge in [0, 0.05) is 37.7 Å². The summed E-state index contributed by atoms with van der Waals surface area (Å²) in [4.78, 5) is 44.7. The van der Waals surface area contributed by atoms with Gasteiger partial charge in [0.1, 0.15) is 12.3 Å². The Balaban J connectivity index is 1.58. The molecule has 5 atom stereocenters. The molecule has 0 aromatic heterocycles. The number of hydrogen-bond acceptors (Lipinski definition) is 4. The van der Waals surface area contributed by atoms with Gasteiger partial charge in [0.2, 0.25) is 11.8 Å². The fourth-order valence-corrected chi connectivity index (χ4v) is 6.94. The highest BCUT2D eigenvalue weighted by molar-refractivity contribution is 5.92. The van der Waals surface area contributed by atoms with E-state index in [9.17, 15) is 40.7 Å². The van der Waals surface area contributed by atoms with E-state index >= 15 is 0 Å². The van der Waals surface area contributed by atoms with Crippen molar-refractivity contribution in [1.82, 2.24) is 14.7 Å². The number of nitrogens with zero attached hydrogens (tertiary/aromatic N) is 3. The van der Waals surface area contributed by atoms with Gasteiger partial charge in [-0.25, -0.2) is 0 Å². The Hall–Kier alpha value is -3.41. The van der Waals surface area contributed by atoms with E-state index in [-0.39, 0.29) is 41.8 Å². The van der Waals surface area contributed by atoms with Crippen molar-refractivity contribution in [3.63, 3.8) is 0 Å². The molecule has 0 saturated carbocycles. The first-order valence-corrected chi connectivity index (χ1v) is 14.3. The van der Waals surface area contributed by atoms with Crippen molar-refractivity contribution >= 4 is 18.1 Å². The molecule has 3 aliphatic heterocycles. The standard InChI is InChI=1S/C31H33F6N3O3/c1-18-7-10-40-27(26(21-5-3-19(17-41)4-6-21)24-8-9-38(2)16-25(24)28(40)42)29(43)39(14-18)15-20-11-22(30(32,33)34)13-23(12-20)31(35,36)37/h3-6,11-13,17-18,24-27H,7-10,14-16H2,1-2H3/t18-,24?,25?,26?,27?/m1/s1. The maximum atomic E-state index is 14.5. The first-order valence-electron chi connectivity index (χ1n) is 14.3. The smallest absolute Gasteiger partial charge is 0.336 e. The predicted molar refractivity (Wildman–Crippen MR) is 145 cm³/mol. The zero-order chi connectivity index (χ0) is 31.3. The summed E-state index contributed by atoms with van der Waals surface area (Å²) in [6.07, 6.45) is -8.19. The lowest BCUT2D eigenvalue weighted by atomic mass is 9.66. The highest BCUT2D eigenvalue weighted by Gasteiger charge is 2.54. The second-order valence-electron chi connectivity index (χ2n) is 12.1. The number of halogens is 6. The molecule has 2 aromatic carbocycles. The van der Waals surface area contributed by atoms with Crippen LogP contribution in [-0.2, 0) is 28.5 Å². The fourth-order valence-electron chi connectivity index (χ4n) is 6.94. The van der Waals surface area contributed by atoms with Crippen LogP contribution < -0.4 is 0 Å². The van der Waals surface area contributed by atoms with Gasteiger partial charge in [-0.3, -0.25) is 14.4 Å². The number of carbonyl (C=O) groups excluding carboxylic acids is 3. The van der Waals surface area contributed by atoms with Gasteiger partial charge in [-0.2, -0.15) is 26.3 Å². The summed E-state index contributed by atoms with van der Waals surface area (Å²) in [5.74, 6) is -1.88. The zero-order valence-electron chi connectivity index (χ0n) is 23.8. The molecule has 0 aliphatic carbocycles. The molecule has 3 heterocycles. The van der Waals surface area contributed by atoms with Crippen LogP contribution in [0.25, 0.3) is 0 Å². The third-order valence-electron chi connectivity index (χ3n) is 9.04.